The van der Waals surface area contributed by atoms with E-state index >= 15 is 0 Å². The van der Waals surface area contributed by atoms with Crippen molar-refractivity contribution in [2.75, 3.05) is 0 Å². The highest BCUT2D eigenvalue weighted by atomic mass is 79.9. The topological polar surface area (TPSA) is 12.9 Å². The number of nitrogens with zero attached hydrogens (tertiary/aromatic N) is 1. The van der Waals surface area contributed by atoms with Crippen LogP contribution < -0.4 is 0 Å². The minimum absolute atomic E-state index is 0.990. The van der Waals surface area contributed by atoms with Crippen molar-refractivity contribution < 1.29 is 0 Å². The number of benzene rings is 1. The molecule has 78 valence electrons. The fourth-order valence-electron chi connectivity index (χ4n) is 1.33. The van der Waals surface area contributed by atoms with Gasteiger partial charge in [-0.2, -0.15) is 0 Å². The van der Waals surface area contributed by atoms with Crippen LogP contribution in [0.1, 0.15) is 11.3 Å². The first-order chi connectivity index (χ1) is 7.08. The van der Waals surface area contributed by atoms with Crippen LogP contribution in [0.2, 0.25) is 0 Å². The molecule has 2 rings (SSSR count). The third-order valence-electron chi connectivity index (χ3n) is 2.20. The molecular formula is C11H10BrNS2. The average molecular weight is 300 g/mol. The Kier molecular flexibility index (Phi) is 3.19. The second-order valence-corrected chi connectivity index (χ2v) is 6.03. The zero-order valence-corrected chi connectivity index (χ0v) is 11.7. The van der Waals surface area contributed by atoms with E-state index < -0.39 is 0 Å². The van der Waals surface area contributed by atoms with E-state index in [9.17, 15) is 0 Å². The number of thiazole rings is 1. The van der Waals surface area contributed by atoms with Gasteiger partial charge in [0.1, 0.15) is 5.01 Å². The van der Waals surface area contributed by atoms with Crippen molar-refractivity contribution in [2.45, 2.75) is 18.1 Å². The molecule has 15 heavy (non-hydrogen) atoms. The van der Waals surface area contributed by atoms with Crippen molar-refractivity contribution in [1.82, 2.24) is 4.98 Å². The average Bonchev–Trinajstić information content (AvgIpc) is 2.51. The first-order valence-corrected chi connectivity index (χ1v) is 6.56. The van der Waals surface area contributed by atoms with Crippen molar-refractivity contribution in [1.29, 1.82) is 0 Å². The molecule has 0 saturated carbocycles. The summed E-state index contributed by atoms with van der Waals surface area (Å²) in [7, 11) is 0. The normalized spacial score (nSPS) is 10.7. The van der Waals surface area contributed by atoms with Gasteiger partial charge in [-0.3, -0.25) is 0 Å². The van der Waals surface area contributed by atoms with Crippen LogP contribution in [-0.4, -0.2) is 4.98 Å². The Hall–Kier alpha value is -0.320. The first kappa shape index (κ1) is 11.2. The maximum Gasteiger partial charge on any atom is 0.124 e. The van der Waals surface area contributed by atoms with Crippen molar-refractivity contribution in [3.05, 3.63) is 33.9 Å². The summed E-state index contributed by atoms with van der Waals surface area (Å²) in [5.74, 6) is 0. The highest BCUT2D eigenvalue weighted by molar-refractivity contribution is 9.10. The fraction of sp³-hybridized carbons (Fsp3) is 0.182. The second-order valence-electron chi connectivity index (χ2n) is 3.37. The lowest BCUT2D eigenvalue weighted by Crippen LogP contribution is -1.82. The number of hydrogen-bond acceptors (Lipinski definition) is 3. The number of aromatic nitrogens is 1. The van der Waals surface area contributed by atoms with E-state index in [-0.39, 0.29) is 0 Å². The molecule has 4 heteroatoms. The molecule has 0 aliphatic carbocycles. The summed E-state index contributed by atoms with van der Waals surface area (Å²) >= 11 is 9.47. The number of rotatable bonds is 1. The minimum atomic E-state index is 0.990. The predicted molar refractivity (Wildman–Crippen MR) is 72.0 cm³/mol. The van der Waals surface area contributed by atoms with Gasteiger partial charge in [0.05, 0.1) is 9.90 Å². The third kappa shape index (κ3) is 2.27. The molecule has 0 unspecified atom stereocenters. The van der Waals surface area contributed by atoms with Gasteiger partial charge >= 0.3 is 0 Å². The summed E-state index contributed by atoms with van der Waals surface area (Å²) in [5.41, 5.74) is 3.41. The summed E-state index contributed by atoms with van der Waals surface area (Å²) in [4.78, 5) is 4.50. The van der Waals surface area contributed by atoms with Gasteiger partial charge in [-0.25, -0.2) is 4.98 Å². The maximum atomic E-state index is 4.50. The van der Waals surface area contributed by atoms with Gasteiger partial charge in [0.2, 0.25) is 0 Å². The lowest BCUT2D eigenvalue weighted by Gasteiger charge is -2.02. The maximum absolute atomic E-state index is 4.50. The summed E-state index contributed by atoms with van der Waals surface area (Å²) in [5, 5.41) is 1.04. The van der Waals surface area contributed by atoms with Crippen molar-refractivity contribution in [3.63, 3.8) is 0 Å². The van der Waals surface area contributed by atoms with E-state index in [0.29, 0.717) is 0 Å². The molecule has 0 bridgehead atoms. The smallest absolute Gasteiger partial charge is 0.124 e. The predicted octanol–water partition coefficient (Wildman–Crippen LogP) is 4.48. The highest BCUT2D eigenvalue weighted by Crippen LogP contribution is 2.33. The monoisotopic (exact) mass is 299 g/mol. The minimum Gasteiger partial charge on any atom is -0.240 e. The Morgan fingerprint density at radius 1 is 1.33 bits per heavy atom. The number of hydrogen-bond donors (Lipinski definition) is 1. The van der Waals surface area contributed by atoms with Gasteiger partial charge in [-0.15, -0.1) is 24.0 Å². The molecule has 0 radical (unpaired) electrons. The second kappa shape index (κ2) is 4.28. The Balaban J connectivity index is 2.58. The van der Waals surface area contributed by atoms with Crippen molar-refractivity contribution in [2.24, 2.45) is 0 Å². The van der Waals surface area contributed by atoms with Gasteiger partial charge in [-0.05, 0) is 31.5 Å². The van der Waals surface area contributed by atoms with Gasteiger partial charge in [0.25, 0.3) is 0 Å². The number of halogens is 1. The van der Waals surface area contributed by atoms with Crippen LogP contribution in [0.25, 0.3) is 10.6 Å². The summed E-state index contributed by atoms with van der Waals surface area (Å²) < 4.78 is 2.07. The molecule has 1 aromatic heterocycles. The molecule has 0 N–H and O–H groups in total. The van der Waals surface area contributed by atoms with Crippen LogP contribution >= 0.6 is 39.9 Å². The van der Waals surface area contributed by atoms with Crippen LogP contribution in [0.3, 0.4) is 0 Å². The molecule has 0 atom stereocenters. The van der Waals surface area contributed by atoms with Crippen LogP contribution in [0, 0.1) is 13.8 Å². The Morgan fingerprint density at radius 2 is 2.07 bits per heavy atom. The van der Waals surface area contributed by atoms with E-state index in [0.717, 1.165) is 19.4 Å². The standard InChI is InChI=1S/C11H10BrNS2/c1-6-3-4-8(12)5-9(6)10-13-7(2)11(14)15-10/h3-5,14H,1-2H3. The SMILES string of the molecule is Cc1ccc(Br)cc1-c1nc(C)c(S)s1. The van der Waals surface area contributed by atoms with Crippen LogP contribution in [-0.2, 0) is 0 Å². The van der Waals surface area contributed by atoms with E-state index in [4.69, 9.17) is 0 Å². The van der Waals surface area contributed by atoms with Crippen LogP contribution in [0.4, 0.5) is 0 Å². The Morgan fingerprint density at radius 3 is 2.67 bits per heavy atom. The molecule has 1 heterocycles. The zero-order valence-electron chi connectivity index (χ0n) is 8.41. The molecular weight excluding hydrogens is 290 g/mol. The number of thiol groups is 1. The summed E-state index contributed by atoms with van der Waals surface area (Å²) in [6.45, 7) is 4.08. The van der Waals surface area contributed by atoms with E-state index in [1.807, 2.05) is 13.0 Å². The van der Waals surface area contributed by atoms with E-state index in [2.05, 4.69) is 52.6 Å². The molecule has 0 fully saturated rings. The van der Waals surface area contributed by atoms with Crippen molar-refractivity contribution in [3.8, 4) is 10.6 Å². The van der Waals surface area contributed by atoms with Gasteiger partial charge in [0, 0.05) is 10.0 Å². The first-order valence-electron chi connectivity index (χ1n) is 4.51. The van der Waals surface area contributed by atoms with Crippen molar-refractivity contribution >= 4 is 39.9 Å². The zero-order chi connectivity index (χ0) is 11.0. The van der Waals surface area contributed by atoms with E-state index in [1.165, 1.54) is 11.1 Å². The molecule has 0 saturated heterocycles. The fourth-order valence-corrected chi connectivity index (χ4v) is 2.89. The van der Waals surface area contributed by atoms with Crippen LogP contribution in [0.5, 0.6) is 0 Å². The number of aryl methyl sites for hydroxylation is 2. The van der Waals surface area contributed by atoms with Crippen LogP contribution in [0.15, 0.2) is 26.9 Å². The quantitative estimate of drug-likeness (QED) is 0.766. The molecule has 0 aliphatic rings. The summed E-state index contributed by atoms with van der Waals surface area (Å²) in [6, 6.07) is 6.23. The third-order valence-corrected chi connectivity index (χ3v) is 4.29. The Labute approximate surface area is 107 Å². The molecule has 2 aromatic rings. The van der Waals surface area contributed by atoms with E-state index in [1.54, 1.807) is 11.3 Å². The molecule has 0 spiro atoms. The van der Waals surface area contributed by atoms with Gasteiger partial charge in [0.15, 0.2) is 0 Å². The molecule has 0 aliphatic heterocycles. The summed E-state index contributed by atoms with van der Waals surface area (Å²) in [6.07, 6.45) is 0. The molecule has 0 amide bonds. The van der Waals surface area contributed by atoms with Gasteiger partial charge in [-0.1, -0.05) is 22.0 Å². The highest BCUT2D eigenvalue weighted by Gasteiger charge is 2.09. The molecule has 1 nitrogen and oxygen atoms in total. The largest absolute Gasteiger partial charge is 0.240 e. The van der Waals surface area contributed by atoms with Gasteiger partial charge < -0.3 is 0 Å². The Bertz CT molecular complexity index is 486. The lowest BCUT2D eigenvalue weighted by atomic mass is 10.1. The lowest BCUT2D eigenvalue weighted by molar-refractivity contribution is 1.21. The molecule has 1 aromatic carbocycles.